The molecule has 0 amide bonds. The minimum absolute atomic E-state index is 0.0680. The average molecular weight is 455 g/mol. The van der Waals surface area contributed by atoms with Gasteiger partial charge in [0, 0.05) is 17.1 Å². The number of aromatic nitrogens is 2. The molecule has 8 heteroatoms. The highest BCUT2D eigenvalue weighted by Crippen LogP contribution is 2.35. The summed E-state index contributed by atoms with van der Waals surface area (Å²) in [5.41, 5.74) is 2.04. The Morgan fingerprint density at radius 3 is 2.45 bits per heavy atom. The lowest BCUT2D eigenvalue weighted by Crippen LogP contribution is -2.31. The summed E-state index contributed by atoms with van der Waals surface area (Å²) < 4.78 is 19.0. The number of fused-ring (bicyclic) bond motifs is 1. The Hall–Kier alpha value is -3.10. The van der Waals surface area contributed by atoms with Gasteiger partial charge in [0.1, 0.15) is 29.2 Å². The van der Waals surface area contributed by atoms with Crippen LogP contribution in [0.1, 0.15) is 53.3 Å². The number of rotatable bonds is 9. The van der Waals surface area contributed by atoms with E-state index in [2.05, 4.69) is 5.10 Å². The van der Waals surface area contributed by atoms with Gasteiger partial charge in [-0.15, -0.1) is 0 Å². The third kappa shape index (κ3) is 4.82. The van der Waals surface area contributed by atoms with Gasteiger partial charge >= 0.3 is 5.97 Å². The molecule has 1 aromatic heterocycles. The number of nitrogens with zero attached hydrogens (tertiary/aromatic N) is 2. The SMILES string of the molecule is COc1cc([C@@H](O)[C@H](Cn2cc3cccc(C(=O)O)c3n2)OC2CCCC2)cc(OC)c1C. The van der Waals surface area contributed by atoms with Crippen LogP contribution in [-0.4, -0.2) is 52.4 Å². The molecule has 0 radical (unpaired) electrons. The molecule has 0 aliphatic heterocycles. The van der Waals surface area contributed by atoms with E-state index in [1.807, 2.05) is 13.0 Å². The Bertz CT molecular complexity index is 1110. The zero-order chi connectivity index (χ0) is 23.5. The summed E-state index contributed by atoms with van der Waals surface area (Å²) in [6.07, 6.45) is 4.42. The molecule has 1 aliphatic rings. The number of aromatic carboxylic acids is 1. The summed E-state index contributed by atoms with van der Waals surface area (Å²) in [7, 11) is 3.17. The van der Waals surface area contributed by atoms with E-state index in [9.17, 15) is 15.0 Å². The standard InChI is InChI=1S/C25H30N2O6/c1-15-20(31-2)11-17(12-21(15)32-3)24(28)22(33-18-8-4-5-9-18)14-27-13-16-7-6-10-19(25(29)30)23(16)26-27/h6-7,10-13,18,22,24,28H,4-5,8-9,14H2,1-3H3,(H,29,30)/t22-,24+/m0/s1. The summed E-state index contributed by atoms with van der Waals surface area (Å²) >= 11 is 0. The van der Waals surface area contributed by atoms with Crippen molar-refractivity contribution in [3.63, 3.8) is 0 Å². The van der Waals surface area contributed by atoms with Crippen LogP contribution in [-0.2, 0) is 11.3 Å². The van der Waals surface area contributed by atoms with E-state index in [0.717, 1.165) is 36.6 Å². The maximum absolute atomic E-state index is 11.6. The van der Waals surface area contributed by atoms with Crippen LogP contribution >= 0.6 is 0 Å². The Labute approximate surface area is 192 Å². The summed E-state index contributed by atoms with van der Waals surface area (Å²) in [4.78, 5) is 11.6. The number of hydrogen-bond acceptors (Lipinski definition) is 6. The number of aliphatic hydroxyl groups is 1. The lowest BCUT2D eigenvalue weighted by Gasteiger charge is -2.27. The molecule has 1 heterocycles. The molecular formula is C25H30N2O6. The zero-order valence-electron chi connectivity index (χ0n) is 19.2. The topological polar surface area (TPSA) is 103 Å². The fraction of sp³-hybridized carbons (Fsp3) is 0.440. The van der Waals surface area contributed by atoms with Gasteiger partial charge in [0.15, 0.2) is 0 Å². The van der Waals surface area contributed by atoms with Crippen molar-refractivity contribution in [2.24, 2.45) is 0 Å². The van der Waals surface area contributed by atoms with Crippen LogP contribution in [0.4, 0.5) is 0 Å². The highest BCUT2D eigenvalue weighted by atomic mass is 16.5. The van der Waals surface area contributed by atoms with Crippen molar-refractivity contribution in [3.8, 4) is 11.5 Å². The fourth-order valence-corrected chi connectivity index (χ4v) is 4.53. The lowest BCUT2D eigenvalue weighted by atomic mass is 10.0. The van der Waals surface area contributed by atoms with Crippen molar-refractivity contribution >= 4 is 16.9 Å². The molecule has 2 atom stereocenters. The van der Waals surface area contributed by atoms with Crippen LogP contribution in [0.5, 0.6) is 11.5 Å². The van der Waals surface area contributed by atoms with Gasteiger partial charge in [0.05, 0.1) is 32.4 Å². The van der Waals surface area contributed by atoms with Crippen molar-refractivity contribution in [1.82, 2.24) is 9.78 Å². The van der Waals surface area contributed by atoms with Crippen molar-refractivity contribution < 1.29 is 29.2 Å². The summed E-state index contributed by atoms with van der Waals surface area (Å²) in [5.74, 6) is 0.223. The second-order valence-electron chi connectivity index (χ2n) is 8.48. The van der Waals surface area contributed by atoms with Gasteiger partial charge in [-0.25, -0.2) is 4.79 Å². The van der Waals surface area contributed by atoms with E-state index in [1.54, 1.807) is 43.3 Å². The van der Waals surface area contributed by atoms with Gasteiger partial charge in [0.25, 0.3) is 0 Å². The van der Waals surface area contributed by atoms with Gasteiger partial charge in [-0.05, 0) is 43.5 Å². The van der Waals surface area contributed by atoms with E-state index in [0.29, 0.717) is 22.6 Å². The summed E-state index contributed by atoms with van der Waals surface area (Å²) in [6, 6.07) is 8.66. The first-order chi connectivity index (χ1) is 15.9. The highest BCUT2D eigenvalue weighted by Gasteiger charge is 2.29. The monoisotopic (exact) mass is 454 g/mol. The van der Waals surface area contributed by atoms with Gasteiger partial charge in [-0.3, -0.25) is 4.68 Å². The second kappa shape index (κ2) is 9.80. The van der Waals surface area contributed by atoms with Crippen LogP contribution in [0.25, 0.3) is 10.9 Å². The minimum atomic E-state index is -1.02. The molecule has 4 rings (SSSR count). The summed E-state index contributed by atoms with van der Waals surface area (Å²) in [6.45, 7) is 2.17. The van der Waals surface area contributed by atoms with Crippen molar-refractivity contribution in [1.29, 1.82) is 0 Å². The molecule has 1 aliphatic carbocycles. The van der Waals surface area contributed by atoms with Gasteiger partial charge < -0.3 is 24.4 Å². The van der Waals surface area contributed by atoms with E-state index < -0.39 is 18.2 Å². The molecule has 0 saturated heterocycles. The largest absolute Gasteiger partial charge is 0.496 e. The average Bonchev–Trinajstić information content (AvgIpc) is 3.47. The molecular weight excluding hydrogens is 424 g/mol. The van der Waals surface area contributed by atoms with E-state index in [4.69, 9.17) is 14.2 Å². The predicted molar refractivity (Wildman–Crippen MR) is 123 cm³/mol. The number of carboxylic acids is 1. The molecule has 176 valence electrons. The first-order valence-electron chi connectivity index (χ1n) is 11.2. The zero-order valence-corrected chi connectivity index (χ0v) is 19.2. The van der Waals surface area contributed by atoms with Crippen molar-refractivity contribution in [2.45, 2.75) is 57.5 Å². The Kier molecular flexibility index (Phi) is 6.85. The van der Waals surface area contributed by atoms with Crippen molar-refractivity contribution in [2.75, 3.05) is 14.2 Å². The normalized spacial score (nSPS) is 16.1. The molecule has 2 N–H and O–H groups in total. The van der Waals surface area contributed by atoms with Crippen LogP contribution in [0.15, 0.2) is 36.5 Å². The third-order valence-corrected chi connectivity index (χ3v) is 6.32. The Morgan fingerprint density at radius 1 is 1.18 bits per heavy atom. The number of benzene rings is 2. The van der Waals surface area contributed by atoms with Crippen LogP contribution in [0, 0.1) is 6.92 Å². The number of carboxylic acid groups (broad SMARTS) is 1. The quantitative estimate of drug-likeness (QED) is 0.501. The van der Waals surface area contributed by atoms with E-state index in [1.165, 1.54) is 6.07 Å². The Morgan fingerprint density at radius 2 is 1.85 bits per heavy atom. The first-order valence-corrected chi connectivity index (χ1v) is 11.2. The summed E-state index contributed by atoms with van der Waals surface area (Å²) in [5, 5.41) is 26.1. The van der Waals surface area contributed by atoms with Crippen LogP contribution < -0.4 is 9.47 Å². The molecule has 2 aromatic carbocycles. The number of methoxy groups -OCH3 is 2. The minimum Gasteiger partial charge on any atom is -0.496 e. The third-order valence-electron chi connectivity index (χ3n) is 6.32. The molecule has 0 spiro atoms. The molecule has 1 saturated carbocycles. The van der Waals surface area contributed by atoms with Crippen LogP contribution in [0.2, 0.25) is 0 Å². The van der Waals surface area contributed by atoms with Crippen LogP contribution in [0.3, 0.4) is 0 Å². The molecule has 8 nitrogen and oxygen atoms in total. The molecule has 0 bridgehead atoms. The van der Waals surface area contributed by atoms with Gasteiger partial charge in [-0.1, -0.05) is 25.0 Å². The molecule has 1 fully saturated rings. The number of ether oxygens (including phenoxy) is 3. The first kappa shape index (κ1) is 23.1. The number of carbonyl (C=O) groups is 1. The predicted octanol–water partition coefficient (Wildman–Crippen LogP) is 4.12. The highest BCUT2D eigenvalue weighted by molar-refractivity contribution is 6.01. The van der Waals surface area contributed by atoms with Crippen molar-refractivity contribution in [3.05, 3.63) is 53.2 Å². The molecule has 0 unspecified atom stereocenters. The van der Waals surface area contributed by atoms with E-state index in [-0.39, 0.29) is 18.2 Å². The van der Waals surface area contributed by atoms with E-state index >= 15 is 0 Å². The fourth-order valence-electron chi connectivity index (χ4n) is 4.53. The van der Waals surface area contributed by atoms with Gasteiger partial charge in [0.2, 0.25) is 0 Å². The second-order valence-corrected chi connectivity index (χ2v) is 8.48. The number of hydrogen-bond donors (Lipinski definition) is 2. The van der Waals surface area contributed by atoms with Gasteiger partial charge in [-0.2, -0.15) is 5.10 Å². The Balaban J connectivity index is 1.68. The molecule has 33 heavy (non-hydrogen) atoms. The maximum atomic E-state index is 11.6. The number of aliphatic hydroxyl groups excluding tert-OH is 1. The maximum Gasteiger partial charge on any atom is 0.337 e. The lowest BCUT2D eigenvalue weighted by molar-refractivity contribution is -0.0845. The smallest absolute Gasteiger partial charge is 0.337 e. The molecule has 3 aromatic rings.